The maximum atomic E-state index is 11.3. The summed E-state index contributed by atoms with van der Waals surface area (Å²) in [5.41, 5.74) is -0.319. The van der Waals surface area contributed by atoms with Crippen LogP contribution in [0.1, 0.15) is 13.8 Å². The van der Waals surface area contributed by atoms with Gasteiger partial charge in [0.05, 0.1) is 11.5 Å². The van der Waals surface area contributed by atoms with E-state index in [1.807, 2.05) is 0 Å². The van der Waals surface area contributed by atoms with Gasteiger partial charge in [-0.05, 0) is 29.8 Å². The summed E-state index contributed by atoms with van der Waals surface area (Å²) < 4.78 is 10.3. The largest absolute Gasteiger partial charge is 0.463 e. The van der Waals surface area contributed by atoms with Crippen molar-refractivity contribution in [1.82, 2.24) is 4.98 Å². The Hall–Kier alpha value is -1.70. The van der Waals surface area contributed by atoms with Gasteiger partial charge < -0.3 is 9.47 Å². The summed E-state index contributed by atoms with van der Waals surface area (Å²) in [6.07, 6.45) is 0.387. The Labute approximate surface area is 111 Å². The zero-order valence-corrected chi connectivity index (χ0v) is 11.3. The number of pyridine rings is 1. The highest BCUT2D eigenvalue weighted by Gasteiger charge is 2.23. The molecule has 1 rings (SSSR count). The summed E-state index contributed by atoms with van der Waals surface area (Å²) >= 11 is 3.07. The van der Waals surface area contributed by atoms with Gasteiger partial charge in [0, 0.05) is 16.7 Å². The van der Waals surface area contributed by atoms with Crippen molar-refractivity contribution in [2.45, 2.75) is 20.0 Å². The fourth-order valence-electron chi connectivity index (χ4n) is 1.11. The molecule has 0 amide bonds. The molecule has 0 saturated heterocycles. The highest BCUT2D eigenvalue weighted by atomic mass is 79.9. The monoisotopic (exact) mass is 318 g/mol. The van der Waals surface area contributed by atoms with Gasteiger partial charge >= 0.3 is 11.7 Å². The molecule has 1 unspecified atom stereocenters. The van der Waals surface area contributed by atoms with Crippen molar-refractivity contribution < 1.29 is 19.2 Å². The fourth-order valence-corrected chi connectivity index (χ4v) is 1.43. The Balaban J connectivity index is 2.90. The second-order valence-electron chi connectivity index (χ2n) is 3.25. The predicted molar refractivity (Wildman–Crippen MR) is 65.3 cm³/mol. The summed E-state index contributed by atoms with van der Waals surface area (Å²) in [7, 11) is 0. The summed E-state index contributed by atoms with van der Waals surface area (Å²) in [5.74, 6) is -0.819. The first kappa shape index (κ1) is 14.4. The standard InChI is InChI=1S/C10H11BrN2O5/c1-3-17-10(14)6(2)18-9-8(13(15)16)4-7(11)5-12-9/h4-6H,3H2,1-2H3. The molecule has 0 bridgehead atoms. The molecule has 7 nitrogen and oxygen atoms in total. The third-order valence-corrected chi connectivity index (χ3v) is 2.34. The number of nitrogens with zero attached hydrogens (tertiary/aromatic N) is 2. The third-order valence-electron chi connectivity index (χ3n) is 1.90. The number of ether oxygens (including phenoxy) is 2. The molecule has 0 aliphatic heterocycles. The first-order chi connectivity index (χ1) is 8.45. The lowest BCUT2D eigenvalue weighted by molar-refractivity contribution is -0.386. The summed E-state index contributed by atoms with van der Waals surface area (Å²) in [6, 6.07) is 1.25. The zero-order chi connectivity index (χ0) is 13.7. The number of rotatable bonds is 5. The van der Waals surface area contributed by atoms with Crippen LogP contribution < -0.4 is 4.74 Å². The number of aromatic nitrogens is 1. The van der Waals surface area contributed by atoms with E-state index in [2.05, 4.69) is 20.9 Å². The van der Waals surface area contributed by atoms with Crippen LogP contribution in [0.4, 0.5) is 5.69 Å². The molecule has 98 valence electrons. The van der Waals surface area contributed by atoms with Crippen LogP contribution in [0.3, 0.4) is 0 Å². The number of esters is 1. The quantitative estimate of drug-likeness (QED) is 0.469. The molecule has 0 N–H and O–H groups in total. The van der Waals surface area contributed by atoms with Crippen molar-refractivity contribution in [2.24, 2.45) is 0 Å². The van der Waals surface area contributed by atoms with Gasteiger partial charge in [-0.1, -0.05) is 0 Å². The summed E-state index contributed by atoms with van der Waals surface area (Å²) in [4.78, 5) is 25.3. The molecule has 0 fully saturated rings. The van der Waals surface area contributed by atoms with Gasteiger partial charge in [0.25, 0.3) is 5.88 Å². The highest BCUT2D eigenvalue weighted by molar-refractivity contribution is 9.10. The number of halogens is 1. The van der Waals surface area contributed by atoms with Crippen molar-refractivity contribution in [3.8, 4) is 5.88 Å². The minimum Gasteiger partial charge on any atom is -0.463 e. The molecule has 0 aromatic carbocycles. The maximum Gasteiger partial charge on any atom is 0.347 e. The number of carbonyl (C=O) groups is 1. The molecule has 0 aliphatic carbocycles. The third kappa shape index (κ3) is 3.66. The van der Waals surface area contributed by atoms with Gasteiger partial charge in [0.1, 0.15) is 0 Å². The molecule has 8 heteroatoms. The molecule has 1 aromatic rings. The van der Waals surface area contributed by atoms with E-state index in [9.17, 15) is 14.9 Å². The molecule has 1 heterocycles. The first-order valence-corrected chi connectivity index (χ1v) is 5.88. The minimum absolute atomic E-state index is 0.211. The van der Waals surface area contributed by atoms with E-state index in [-0.39, 0.29) is 18.2 Å². The second kappa shape index (κ2) is 6.29. The van der Waals surface area contributed by atoms with Gasteiger partial charge in [-0.3, -0.25) is 10.1 Å². The van der Waals surface area contributed by atoms with Crippen molar-refractivity contribution in [2.75, 3.05) is 6.61 Å². The number of hydrogen-bond donors (Lipinski definition) is 0. The zero-order valence-electron chi connectivity index (χ0n) is 9.75. The second-order valence-corrected chi connectivity index (χ2v) is 4.16. The topological polar surface area (TPSA) is 91.6 Å². The molecular weight excluding hydrogens is 308 g/mol. The van der Waals surface area contributed by atoms with Gasteiger partial charge in [0.2, 0.25) is 0 Å². The summed E-state index contributed by atoms with van der Waals surface area (Å²) in [6.45, 7) is 3.30. The van der Waals surface area contributed by atoms with E-state index >= 15 is 0 Å². The lowest BCUT2D eigenvalue weighted by Crippen LogP contribution is -2.26. The SMILES string of the molecule is CCOC(=O)C(C)Oc1ncc(Br)cc1[N+](=O)[O-]. The van der Waals surface area contributed by atoms with E-state index in [1.165, 1.54) is 19.2 Å². The normalized spacial score (nSPS) is 11.7. The van der Waals surface area contributed by atoms with Crippen LogP contribution in [0.25, 0.3) is 0 Å². The van der Waals surface area contributed by atoms with Crippen LogP contribution >= 0.6 is 15.9 Å². The van der Waals surface area contributed by atoms with Gasteiger partial charge in [-0.2, -0.15) is 0 Å². The highest BCUT2D eigenvalue weighted by Crippen LogP contribution is 2.28. The minimum atomic E-state index is -0.961. The molecule has 1 aromatic heterocycles. The Morgan fingerprint density at radius 1 is 1.67 bits per heavy atom. The van der Waals surface area contributed by atoms with Crippen molar-refractivity contribution in [3.05, 3.63) is 26.9 Å². The maximum absolute atomic E-state index is 11.3. The first-order valence-electron chi connectivity index (χ1n) is 5.09. The van der Waals surface area contributed by atoms with Crippen molar-refractivity contribution in [3.63, 3.8) is 0 Å². The average molecular weight is 319 g/mol. The molecule has 0 spiro atoms. The lowest BCUT2D eigenvalue weighted by atomic mass is 10.4. The smallest absolute Gasteiger partial charge is 0.347 e. The number of hydrogen-bond acceptors (Lipinski definition) is 6. The van der Waals surface area contributed by atoms with Crippen LogP contribution in [0.5, 0.6) is 5.88 Å². The Morgan fingerprint density at radius 2 is 2.33 bits per heavy atom. The predicted octanol–water partition coefficient (Wildman–Crippen LogP) is 2.08. The average Bonchev–Trinajstić information content (AvgIpc) is 2.31. The van der Waals surface area contributed by atoms with Crippen LogP contribution in [0.15, 0.2) is 16.7 Å². The molecule has 0 aliphatic rings. The Kier molecular flexibility index (Phi) is 5.02. The van der Waals surface area contributed by atoms with Crippen molar-refractivity contribution in [1.29, 1.82) is 0 Å². The van der Waals surface area contributed by atoms with Gasteiger partial charge in [-0.15, -0.1) is 0 Å². The number of nitro groups is 1. The molecule has 0 radical (unpaired) electrons. The van der Waals surface area contributed by atoms with Crippen LogP contribution in [-0.2, 0) is 9.53 Å². The molecule has 0 saturated carbocycles. The van der Waals surface area contributed by atoms with Gasteiger partial charge in [0.15, 0.2) is 6.10 Å². The fraction of sp³-hybridized carbons (Fsp3) is 0.400. The van der Waals surface area contributed by atoms with E-state index in [0.717, 1.165) is 0 Å². The summed E-state index contributed by atoms with van der Waals surface area (Å²) in [5, 5.41) is 10.8. The molecular formula is C10H11BrN2O5. The lowest BCUT2D eigenvalue weighted by Gasteiger charge is -2.12. The Bertz CT molecular complexity index is 466. The number of carbonyl (C=O) groups excluding carboxylic acids is 1. The van der Waals surface area contributed by atoms with E-state index < -0.39 is 17.0 Å². The van der Waals surface area contributed by atoms with Crippen LogP contribution in [0, 0.1) is 10.1 Å². The van der Waals surface area contributed by atoms with E-state index in [0.29, 0.717) is 4.47 Å². The Morgan fingerprint density at radius 3 is 2.89 bits per heavy atom. The van der Waals surface area contributed by atoms with E-state index in [1.54, 1.807) is 6.92 Å². The van der Waals surface area contributed by atoms with Crippen LogP contribution in [0.2, 0.25) is 0 Å². The van der Waals surface area contributed by atoms with Crippen molar-refractivity contribution >= 4 is 27.6 Å². The molecule has 1 atom stereocenters. The van der Waals surface area contributed by atoms with Crippen LogP contribution in [-0.4, -0.2) is 28.6 Å². The van der Waals surface area contributed by atoms with E-state index in [4.69, 9.17) is 9.47 Å². The molecule has 18 heavy (non-hydrogen) atoms. The van der Waals surface area contributed by atoms with Gasteiger partial charge in [-0.25, -0.2) is 9.78 Å².